The van der Waals surface area contributed by atoms with Gasteiger partial charge in [-0.3, -0.25) is 0 Å². The van der Waals surface area contributed by atoms with Gasteiger partial charge in [-0.15, -0.1) is 0 Å². The highest BCUT2D eigenvalue weighted by Gasteiger charge is 2.38. The molecule has 4 aromatic rings. The Bertz CT molecular complexity index is 1590. The number of rotatable bonds is 11. The van der Waals surface area contributed by atoms with Crippen LogP contribution in [0.4, 0.5) is 10.5 Å². The standard InChI is InChI=1S/C35H37N3O7S/c1-23-30(22-46-31-10-6-7-19-38(31)42)44-34(45-32(23)26-13-11-25(21-39)12-14-26)27-15-17-28(18-16-27)36-35(41)37-29(33(40)43-2)20-24-8-4-3-5-9-24/h3-19,23,29-30,32,34,39H,20-22H2,1-2H3,(H2,36,37,41). The van der Waals surface area contributed by atoms with Gasteiger partial charge in [0, 0.05) is 41.5 Å². The lowest BCUT2D eigenvalue weighted by Crippen LogP contribution is -2.45. The summed E-state index contributed by atoms with van der Waals surface area (Å²) in [4.78, 5) is 25.2. The van der Waals surface area contributed by atoms with Gasteiger partial charge in [-0.1, -0.05) is 85.4 Å². The highest BCUT2D eigenvalue weighted by molar-refractivity contribution is 7.99. The number of urea groups is 1. The number of carbonyl (C=O) groups is 2. The van der Waals surface area contributed by atoms with Gasteiger partial charge in [0.25, 0.3) is 5.03 Å². The van der Waals surface area contributed by atoms with Crippen molar-refractivity contribution in [2.45, 2.75) is 49.5 Å². The third-order valence-electron chi connectivity index (χ3n) is 7.82. The Balaban J connectivity index is 1.28. The number of nitrogens with one attached hydrogen (secondary N) is 2. The maximum absolute atomic E-state index is 12.8. The molecule has 3 N–H and O–H groups in total. The van der Waals surface area contributed by atoms with Crippen molar-refractivity contribution in [1.29, 1.82) is 0 Å². The smallest absolute Gasteiger partial charge is 0.328 e. The van der Waals surface area contributed by atoms with Crippen molar-refractivity contribution in [1.82, 2.24) is 5.32 Å². The Morgan fingerprint density at radius 2 is 1.63 bits per heavy atom. The fourth-order valence-corrected chi connectivity index (χ4v) is 6.32. The number of amides is 2. The van der Waals surface area contributed by atoms with E-state index in [2.05, 4.69) is 17.6 Å². The predicted octanol–water partition coefficient (Wildman–Crippen LogP) is 5.30. The number of ether oxygens (including phenoxy) is 3. The number of aromatic nitrogens is 1. The summed E-state index contributed by atoms with van der Waals surface area (Å²) >= 11 is 1.43. The summed E-state index contributed by atoms with van der Waals surface area (Å²) in [5.41, 5.74) is 3.92. The summed E-state index contributed by atoms with van der Waals surface area (Å²) in [5.74, 6) is -0.0561. The lowest BCUT2D eigenvalue weighted by atomic mass is 9.91. The van der Waals surface area contributed by atoms with E-state index in [1.54, 1.807) is 24.3 Å². The number of benzene rings is 3. The fraction of sp³-hybridized carbons (Fsp3) is 0.286. The Morgan fingerprint density at radius 3 is 2.30 bits per heavy atom. The Kier molecular flexibility index (Phi) is 11.3. The van der Waals surface area contributed by atoms with E-state index in [-0.39, 0.29) is 31.2 Å². The number of thioether (sulfide) groups is 1. The molecular formula is C35H37N3O7S. The topological polar surface area (TPSA) is 133 Å². The average molecular weight is 644 g/mol. The fourth-order valence-electron chi connectivity index (χ4n) is 5.24. The van der Waals surface area contributed by atoms with Gasteiger partial charge in [-0.05, 0) is 34.9 Å². The van der Waals surface area contributed by atoms with Gasteiger partial charge >= 0.3 is 12.0 Å². The Hall–Kier alpha value is -4.42. The van der Waals surface area contributed by atoms with Crippen molar-refractivity contribution in [2.75, 3.05) is 18.2 Å². The molecule has 11 heteroatoms. The molecule has 5 unspecified atom stereocenters. The molecule has 1 aliphatic heterocycles. The lowest BCUT2D eigenvalue weighted by Gasteiger charge is -2.41. The van der Waals surface area contributed by atoms with Gasteiger partial charge < -0.3 is 35.2 Å². The molecule has 46 heavy (non-hydrogen) atoms. The van der Waals surface area contributed by atoms with E-state index in [9.17, 15) is 19.9 Å². The zero-order valence-electron chi connectivity index (χ0n) is 25.6. The Morgan fingerprint density at radius 1 is 0.935 bits per heavy atom. The van der Waals surface area contributed by atoms with Crippen LogP contribution in [0.3, 0.4) is 0 Å². The number of aliphatic hydroxyl groups is 1. The number of anilines is 1. The van der Waals surface area contributed by atoms with Crippen LogP contribution in [0.25, 0.3) is 0 Å². The lowest BCUT2D eigenvalue weighted by molar-refractivity contribution is -0.645. The first-order chi connectivity index (χ1) is 22.3. The van der Waals surface area contributed by atoms with Crippen molar-refractivity contribution in [3.63, 3.8) is 0 Å². The number of carbonyl (C=O) groups excluding carboxylic acids is 2. The average Bonchev–Trinajstić information content (AvgIpc) is 3.08. The third kappa shape index (κ3) is 8.43. The molecule has 1 aliphatic rings. The van der Waals surface area contributed by atoms with E-state index in [1.165, 1.54) is 25.1 Å². The van der Waals surface area contributed by atoms with Crippen LogP contribution in [-0.2, 0) is 32.0 Å². The summed E-state index contributed by atoms with van der Waals surface area (Å²) in [6.45, 7) is 2.01. The van der Waals surface area contributed by atoms with Crippen LogP contribution in [0.15, 0.2) is 108 Å². The van der Waals surface area contributed by atoms with E-state index in [0.717, 1.165) is 27.0 Å². The normalized spacial score (nSPS) is 20.0. The van der Waals surface area contributed by atoms with Crippen molar-refractivity contribution in [2.24, 2.45) is 5.92 Å². The first-order valence-corrected chi connectivity index (χ1v) is 15.9. The van der Waals surface area contributed by atoms with Gasteiger partial charge in [0.05, 0.1) is 25.9 Å². The molecule has 2 heterocycles. The van der Waals surface area contributed by atoms with Gasteiger partial charge in [-0.2, -0.15) is 4.73 Å². The van der Waals surface area contributed by atoms with E-state index >= 15 is 0 Å². The summed E-state index contributed by atoms with van der Waals surface area (Å²) in [6, 6.07) is 28.0. The van der Waals surface area contributed by atoms with Crippen LogP contribution < -0.4 is 15.4 Å². The van der Waals surface area contributed by atoms with E-state index in [1.807, 2.05) is 72.8 Å². The molecular weight excluding hydrogens is 606 g/mol. The monoisotopic (exact) mass is 643 g/mol. The number of hydrogen-bond acceptors (Lipinski definition) is 8. The second-order valence-electron chi connectivity index (χ2n) is 11.0. The van der Waals surface area contributed by atoms with Crippen molar-refractivity contribution in [3.05, 3.63) is 131 Å². The highest BCUT2D eigenvalue weighted by atomic mass is 32.2. The summed E-state index contributed by atoms with van der Waals surface area (Å²) in [6.07, 6.45) is 0.485. The van der Waals surface area contributed by atoms with Crippen LogP contribution in [0.2, 0.25) is 0 Å². The van der Waals surface area contributed by atoms with Gasteiger partial charge in [0.1, 0.15) is 6.04 Å². The molecule has 1 saturated heterocycles. The van der Waals surface area contributed by atoms with Crippen LogP contribution in [0, 0.1) is 11.1 Å². The van der Waals surface area contributed by atoms with Gasteiger partial charge in [0.2, 0.25) is 0 Å². The second kappa shape index (κ2) is 15.7. The molecule has 5 atom stereocenters. The van der Waals surface area contributed by atoms with Crippen molar-refractivity contribution in [3.8, 4) is 0 Å². The number of nitrogens with zero attached hydrogens (tertiary/aromatic N) is 1. The molecule has 3 aromatic carbocycles. The molecule has 0 saturated carbocycles. The highest BCUT2D eigenvalue weighted by Crippen LogP contribution is 2.43. The van der Waals surface area contributed by atoms with E-state index in [4.69, 9.17) is 14.2 Å². The van der Waals surface area contributed by atoms with Crippen molar-refractivity contribution >= 4 is 29.4 Å². The number of aliphatic hydroxyl groups excluding tert-OH is 1. The van der Waals surface area contributed by atoms with E-state index in [0.29, 0.717) is 16.5 Å². The molecule has 0 bridgehead atoms. The molecule has 1 fully saturated rings. The number of hydrogen-bond donors (Lipinski definition) is 3. The largest absolute Gasteiger partial charge is 0.618 e. The van der Waals surface area contributed by atoms with Gasteiger partial charge in [-0.25, -0.2) is 9.59 Å². The van der Waals surface area contributed by atoms with Crippen LogP contribution in [0.1, 0.15) is 41.6 Å². The number of methoxy groups -OCH3 is 1. The molecule has 2 amide bonds. The second-order valence-corrected chi connectivity index (χ2v) is 12.0. The SMILES string of the molecule is COC(=O)C(Cc1ccccc1)NC(=O)Nc1ccc(C2OC(CSc3cccc[n+]3[O-])C(C)C(c3ccc(CO)cc3)O2)cc1. The minimum Gasteiger partial charge on any atom is -0.618 e. The van der Waals surface area contributed by atoms with Crippen molar-refractivity contribution < 1.29 is 33.6 Å². The molecule has 5 rings (SSSR count). The minimum absolute atomic E-state index is 0.0455. The third-order valence-corrected chi connectivity index (χ3v) is 8.93. The first kappa shape index (κ1) is 33.0. The number of pyridine rings is 1. The molecule has 240 valence electrons. The van der Waals surface area contributed by atoms with Crippen LogP contribution in [-0.4, -0.2) is 42.1 Å². The molecule has 0 radical (unpaired) electrons. The summed E-state index contributed by atoms with van der Waals surface area (Å²) in [7, 11) is 1.29. The number of esters is 1. The molecule has 0 spiro atoms. The van der Waals surface area contributed by atoms with Crippen LogP contribution >= 0.6 is 11.8 Å². The molecule has 1 aromatic heterocycles. The predicted molar refractivity (Wildman–Crippen MR) is 174 cm³/mol. The first-order valence-electron chi connectivity index (χ1n) is 15.0. The van der Waals surface area contributed by atoms with Crippen LogP contribution in [0.5, 0.6) is 0 Å². The zero-order valence-corrected chi connectivity index (χ0v) is 26.4. The minimum atomic E-state index is -0.858. The quantitative estimate of drug-likeness (QED) is 0.0868. The maximum atomic E-state index is 12.8. The Labute approximate surface area is 272 Å². The summed E-state index contributed by atoms with van der Waals surface area (Å²) in [5, 5.41) is 27.8. The molecule has 0 aliphatic carbocycles. The maximum Gasteiger partial charge on any atom is 0.328 e. The molecule has 10 nitrogen and oxygen atoms in total. The summed E-state index contributed by atoms with van der Waals surface area (Å²) < 4.78 is 18.7. The zero-order chi connectivity index (χ0) is 32.5. The van der Waals surface area contributed by atoms with E-state index < -0.39 is 24.3 Å². The van der Waals surface area contributed by atoms with Gasteiger partial charge in [0.15, 0.2) is 12.5 Å².